The van der Waals surface area contributed by atoms with E-state index in [-0.39, 0.29) is 11.9 Å². The van der Waals surface area contributed by atoms with Gasteiger partial charge in [-0.3, -0.25) is 9.69 Å². The summed E-state index contributed by atoms with van der Waals surface area (Å²) in [6, 6.07) is 17.8. The molecule has 2 heterocycles. The molecule has 2 aromatic carbocycles. The zero-order valence-electron chi connectivity index (χ0n) is 17.4. The van der Waals surface area contributed by atoms with Crippen molar-refractivity contribution >= 4 is 16.8 Å². The first-order chi connectivity index (χ1) is 14.6. The average Bonchev–Trinajstić information content (AvgIpc) is 3.10. The Morgan fingerprint density at radius 1 is 1.13 bits per heavy atom. The van der Waals surface area contributed by atoms with Crippen LogP contribution in [0, 0.1) is 18.3 Å². The zero-order chi connectivity index (χ0) is 21.1. The van der Waals surface area contributed by atoms with Crippen LogP contribution in [0.1, 0.15) is 22.9 Å². The van der Waals surface area contributed by atoms with Crippen molar-refractivity contribution in [1.82, 2.24) is 14.8 Å². The molecule has 1 aromatic heterocycles. The Bertz CT molecular complexity index is 1070. The molecule has 1 unspecified atom stereocenters. The summed E-state index contributed by atoms with van der Waals surface area (Å²) >= 11 is 0. The summed E-state index contributed by atoms with van der Waals surface area (Å²) in [5, 5.41) is 10.8. The number of nitriles is 1. The monoisotopic (exact) mass is 402 g/mol. The van der Waals surface area contributed by atoms with Crippen LogP contribution in [-0.4, -0.2) is 54.0 Å². The molecule has 1 aliphatic rings. The van der Waals surface area contributed by atoms with E-state index in [0.717, 1.165) is 33.5 Å². The molecule has 0 bridgehead atoms. The molecular formula is C24H26N4O2. The van der Waals surface area contributed by atoms with Gasteiger partial charge in [-0.25, -0.2) is 0 Å². The van der Waals surface area contributed by atoms with E-state index in [2.05, 4.69) is 22.0 Å². The van der Waals surface area contributed by atoms with Gasteiger partial charge in [0.25, 0.3) is 0 Å². The molecular weight excluding hydrogens is 376 g/mol. The number of H-pyrrole nitrogens is 1. The molecule has 6 heteroatoms. The van der Waals surface area contributed by atoms with Crippen molar-refractivity contribution in [3.63, 3.8) is 0 Å². The molecule has 1 N–H and O–H groups in total. The number of hydrogen-bond donors (Lipinski definition) is 1. The minimum absolute atomic E-state index is 0.139. The normalized spacial score (nSPS) is 15.7. The summed E-state index contributed by atoms with van der Waals surface area (Å²) in [7, 11) is 1.63. The summed E-state index contributed by atoms with van der Waals surface area (Å²) in [6.07, 6.45) is 0.399. The van der Waals surface area contributed by atoms with Crippen molar-refractivity contribution in [2.45, 2.75) is 19.4 Å². The van der Waals surface area contributed by atoms with Gasteiger partial charge in [0, 0.05) is 42.8 Å². The second kappa shape index (κ2) is 8.60. The summed E-state index contributed by atoms with van der Waals surface area (Å²) in [4.78, 5) is 20.4. The Balaban J connectivity index is 1.40. The van der Waals surface area contributed by atoms with E-state index in [1.165, 1.54) is 0 Å². The van der Waals surface area contributed by atoms with E-state index >= 15 is 0 Å². The van der Waals surface area contributed by atoms with Crippen LogP contribution in [0.5, 0.6) is 5.75 Å². The Labute approximate surface area is 176 Å². The quantitative estimate of drug-likeness (QED) is 0.710. The average molecular weight is 402 g/mol. The van der Waals surface area contributed by atoms with Gasteiger partial charge in [0.05, 0.1) is 19.6 Å². The van der Waals surface area contributed by atoms with Gasteiger partial charge in [-0.1, -0.05) is 30.3 Å². The maximum absolute atomic E-state index is 13.0. The number of para-hydroxylation sites is 1. The molecule has 1 amide bonds. The lowest BCUT2D eigenvalue weighted by Crippen LogP contribution is -2.49. The number of ether oxygens (including phenoxy) is 1. The van der Waals surface area contributed by atoms with Gasteiger partial charge in [-0.05, 0) is 36.2 Å². The van der Waals surface area contributed by atoms with Gasteiger partial charge in [0.1, 0.15) is 11.8 Å². The van der Waals surface area contributed by atoms with Gasteiger partial charge < -0.3 is 14.6 Å². The number of hydrogen-bond acceptors (Lipinski definition) is 4. The van der Waals surface area contributed by atoms with E-state index in [1.54, 1.807) is 7.11 Å². The van der Waals surface area contributed by atoms with Crippen LogP contribution in [0.4, 0.5) is 0 Å². The Morgan fingerprint density at radius 2 is 1.83 bits per heavy atom. The van der Waals surface area contributed by atoms with E-state index in [0.29, 0.717) is 32.6 Å². The molecule has 0 radical (unpaired) electrons. The summed E-state index contributed by atoms with van der Waals surface area (Å²) in [6.45, 7) is 4.65. The fourth-order valence-corrected chi connectivity index (χ4v) is 4.21. The van der Waals surface area contributed by atoms with E-state index in [1.807, 2.05) is 54.3 Å². The van der Waals surface area contributed by atoms with Crippen molar-refractivity contribution in [2.24, 2.45) is 0 Å². The van der Waals surface area contributed by atoms with E-state index in [9.17, 15) is 10.1 Å². The van der Waals surface area contributed by atoms with Crippen LogP contribution in [-0.2, 0) is 11.2 Å². The lowest BCUT2D eigenvalue weighted by atomic mass is 10.0. The van der Waals surface area contributed by atoms with Crippen LogP contribution in [0.25, 0.3) is 10.9 Å². The first-order valence-corrected chi connectivity index (χ1v) is 10.2. The first-order valence-electron chi connectivity index (χ1n) is 10.2. The van der Waals surface area contributed by atoms with Gasteiger partial charge in [0.15, 0.2) is 0 Å². The van der Waals surface area contributed by atoms with E-state index < -0.39 is 0 Å². The third-order valence-electron chi connectivity index (χ3n) is 5.94. The number of carbonyl (C=O) groups is 1. The Morgan fingerprint density at radius 3 is 2.50 bits per heavy atom. The molecule has 30 heavy (non-hydrogen) atoms. The Hall–Kier alpha value is -3.30. The fourth-order valence-electron chi connectivity index (χ4n) is 4.21. The number of aryl methyl sites for hydroxylation is 1. The van der Waals surface area contributed by atoms with Gasteiger partial charge in [-0.2, -0.15) is 5.26 Å². The third kappa shape index (κ3) is 3.89. The zero-order valence-corrected chi connectivity index (χ0v) is 17.4. The van der Waals surface area contributed by atoms with Crippen molar-refractivity contribution in [1.29, 1.82) is 5.26 Å². The molecule has 3 aromatic rings. The largest absolute Gasteiger partial charge is 0.497 e. The smallest absolute Gasteiger partial charge is 0.227 e. The number of aromatic amines is 1. The molecule has 0 spiro atoms. The Kier molecular flexibility index (Phi) is 5.73. The lowest BCUT2D eigenvalue weighted by molar-refractivity contribution is -0.132. The molecule has 6 nitrogen and oxygen atoms in total. The van der Waals surface area contributed by atoms with Crippen LogP contribution in [0.3, 0.4) is 0 Å². The standard InChI is InChI=1S/C24H26N4O2/c1-17-21(20-5-3-4-6-22(20)26-17)15-24(29)28-13-11-27(12-14-28)23(16-25)18-7-9-19(30-2)10-8-18/h3-10,23,26H,11-15H2,1-2H3. The number of rotatable bonds is 5. The third-order valence-corrected chi connectivity index (χ3v) is 5.94. The van der Waals surface area contributed by atoms with E-state index in [4.69, 9.17) is 4.74 Å². The highest BCUT2D eigenvalue weighted by Crippen LogP contribution is 2.25. The van der Waals surface area contributed by atoms with Crippen LogP contribution >= 0.6 is 0 Å². The molecule has 1 saturated heterocycles. The van der Waals surface area contributed by atoms with Gasteiger partial charge in [-0.15, -0.1) is 0 Å². The first kappa shape index (κ1) is 20.0. The molecule has 1 aliphatic heterocycles. The molecule has 0 saturated carbocycles. The molecule has 1 fully saturated rings. The maximum atomic E-state index is 13.0. The number of piperazine rings is 1. The van der Waals surface area contributed by atoms with Crippen LogP contribution in [0.2, 0.25) is 0 Å². The van der Waals surface area contributed by atoms with Crippen molar-refractivity contribution in [3.8, 4) is 11.8 Å². The molecule has 4 rings (SSSR count). The summed E-state index contributed by atoms with van der Waals surface area (Å²) < 4.78 is 5.20. The number of nitrogens with one attached hydrogen (secondary N) is 1. The molecule has 0 aliphatic carbocycles. The maximum Gasteiger partial charge on any atom is 0.227 e. The minimum atomic E-state index is -0.316. The highest BCUT2D eigenvalue weighted by Gasteiger charge is 2.27. The van der Waals surface area contributed by atoms with Gasteiger partial charge in [0.2, 0.25) is 5.91 Å². The number of amides is 1. The van der Waals surface area contributed by atoms with Crippen LogP contribution < -0.4 is 4.74 Å². The molecule has 154 valence electrons. The summed E-state index contributed by atoms with van der Waals surface area (Å²) in [5.41, 5.74) is 4.14. The predicted octanol–water partition coefficient (Wildman–Crippen LogP) is 3.44. The van der Waals surface area contributed by atoms with Crippen molar-refractivity contribution in [2.75, 3.05) is 33.3 Å². The minimum Gasteiger partial charge on any atom is -0.497 e. The van der Waals surface area contributed by atoms with Gasteiger partial charge >= 0.3 is 0 Å². The fraction of sp³-hybridized carbons (Fsp3) is 0.333. The highest BCUT2D eigenvalue weighted by atomic mass is 16.5. The number of nitrogens with zero attached hydrogens (tertiary/aromatic N) is 3. The number of carbonyl (C=O) groups excluding carboxylic acids is 1. The second-order valence-electron chi connectivity index (χ2n) is 7.67. The topological polar surface area (TPSA) is 72.4 Å². The SMILES string of the molecule is COc1ccc(C(C#N)N2CCN(C(=O)Cc3c(C)[nH]c4ccccc34)CC2)cc1. The number of methoxy groups -OCH3 is 1. The highest BCUT2D eigenvalue weighted by molar-refractivity contribution is 5.90. The predicted molar refractivity (Wildman–Crippen MR) is 116 cm³/mol. The van der Waals surface area contributed by atoms with Crippen LogP contribution in [0.15, 0.2) is 48.5 Å². The van der Waals surface area contributed by atoms with Crippen molar-refractivity contribution in [3.05, 3.63) is 65.4 Å². The number of aromatic nitrogens is 1. The number of fused-ring (bicyclic) bond motifs is 1. The lowest BCUT2D eigenvalue weighted by Gasteiger charge is -2.37. The summed E-state index contributed by atoms with van der Waals surface area (Å²) in [5.74, 6) is 0.916. The second-order valence-corrected chi connectivity index (χ2v) is 7.67. The molecule has 1 atom stereocenters. The number of benzene rings is 2. The van der Waals surface area contributed by atoms with Crippen molar-refractivity contribution < 1.29 is 9.53 Å².